The first kappa shape index (κ1) is 11.8. The van der Waals surface area contributed by atoms with Gasteiger partial charge in [-0.1, -0.05) is 17.7 Å². The minimum Gasteiger partial charge on any atom is -0.465 e. The van der Waals surface area contributed by atoms with Crippen LogP contribution in [0.5, 0.6) is 0 Å². The Kier molecular flexibility index (Phi) is 2.92. The Morgan fingerprint density at radius 1 is 1.44 bits per heavy atom. The van der Waals surface area contributed by atoms with Crippen molar-refractivity contribution in [2.24, 2.45) is 0 Å². The predicted octanol–water partition coefficient (Wildman–Crippen LogP) is 2.28. The SMILES string of the molecule is O=C(O)N1CC(NC2CCc3cc(Cl)ccc32)C1. The van der Waals surface area contributed by atoms with Crippen LogP contribution in [0.2, 0.25) is 5.02 Å². The van der Waals surface area contributed by atoms with E-state index in [0.717, 1.165) is 17.9 Å². The van der Waals surface area contributed by atoms with Crippen molar-refractivity contribution in [2.45, 2.75) is 24.9 Å². The van der Waals surface area contributed by atoms with Crippen LogP contribution in [0, 0.1) is 0 Å². The molecule has 1 aromatic rings. The molecule has 0 bridgehead atoms. The maximum atomic E-state index is 10.7. The molecule has 1 atom stereocenters. The van der Waals surface area contributed by atoms with E-state index in [1.54, 1.807) is 0 Å². The fourth-order valence-corrected chi connectivity index (χ4v) is 2.98. The number of aryl methyl sites for hydroxylation is 1. The van der Waals surface area contributed by atoms with Crippen LogP contribution in [-0.4, -0.2) is 35.2 Å². The van der Waals surface area contributed by atoms with E-state index in [1.165, 1.54) is 16.0 Å². The Balaban J connectivity index is 1.62. The predicted molar refractivity (Wildman–Crippen MR) is 69.0 cm³/mol. The molecule has 1 fully saturated rings. The summed E-state index contributed by atoms with van der Waals surface area (Å²) in [6.07, 6.45) is 1.29. The number of nitrogens with zero attached hydrogens (tertiary/aromatic N) is 1. The highest BCUT2D eigenvalue weighted by molar-refractivity contribution is 6.30. The van der Waals surface area contributed by atoms with Gasteiger partial charge in [-0.05, 0) is 36.1 Å². The molecule has 1 saturated heterocycles. The lowest BCUT2D eigenvalue weighted by Gasteiger charge is -2.39. The Hall–Kier alpha value is -1.26. The van der Waals surface area contributed by atoms with Gasteiger partial charge in [0.25, 0.3) is 0 Å². The molecule has 0 saturated carbocycles. The number of amides is 1. The summed E-state index contributed by atoms with van der Waals surface area (Å²) in [6, 6.07) is 6.66. The average molecular weight is 267 g/mol. The lowest BCUT2D eigenvalue weighted by atomic mass is 10.0. The van der Waals surface area contributed by atoms with Crippen LogP contribution in [0.25, 0.3) is 0 Å². The van der Waals surface area contributed by atoms with Crippen LogP contribution in [0.15, 0.2) is 18.2 Å². The topological polar surface area (TPSA) is 52.6 Å². The number of benzene rings is 1. The quantitative estimate of drug-likeness (QED) is 0.864. The molecule has 5 heteroatoms. The van der Waals surface area contributed by atoms with Gasteiger partial charge in [-0.2, -0.15) is 0 Å². The van der Waals surface area contributed by atoms with Crippen molar-refractivity contribution in [1.29, 1.82) is 0 Å². The van der Waals surface area contributed by atoms with Crippen LogP contribution >= 0.6 is 11.6 Å². The number of nitrogens with one attached hydrogen (secondary N) is 1. The first-order chi connectivity index (χ1) is 8.63. The first-order valence-electron chi connectivity index (χ1n) is 6.16. The molecule has 4 nitrogen and oxygen atoms in total. The molecule has 1 unspecified atom stereocenters. The van der Waals surface area contributed by atoms with Gasteiger partial charge in [0.05, 0.1) is 0 Å². The number of carbonyl (C=O) groups is 1. The number of hydrogen-bond acceptors (Lipinski definition) is 2. The minimum atomic E-state index is -0.827. The van der Waals surface area contributed by atoms with E-state index in [2.05, 4.69) is 11.4 Å². The molecule has 3 rings (SSSR count). The fraction of sp³-hybridized carbons (Fsp3) is 0.462. The standard InChI is InChI=1S/C13H15ClN2O2/c14-9-2-3-11-8(5-9)1-4-12(11)15-10-6-16(7-10)13(17)18/h2-3,5,10,12,15H,1,4,6-7H2,(H,17,18). The molecule has 2 aliphatic rings. The van der Waals surface area contributed by atoms with Crippen LogP contribution < -0.4 is 5.32 Å². The van der Waals surface area contributed by atoms with E-state index in [9.17, 15) is 4.79 Å². The van der Waals surface area contributed by atoms with Gasteiger partial charge in [0.15, 0.2) is 0 Å². The summed E-state index contributed by atoms with van der Waals surface area (Å²) >= 11 is 5.98. The summed E-state index contributed by atoms with van der Waals surface area (Å²) in [5.41, 5.74) is 2.63. The van der Waals surface area contributed by atoms with Gasteiger partial charge in [0.1, 0.15) is 0 Å². The summed E-state index contributed by atoms with van der Waals surface area (Å²) in [5, 5.41) is 13.1. The molecule has 0 radical (unpaired) electrons. The van der Waals surface area contributed by atoms with E-state index in [1.807, 2.05) is 12.1 Å². The van der Waals surface area contributed by atoms with Crippen molar-refractivity contribution in [3.05, 3.63) is 34.3 Å². The molecule has 0 aromatic heterocycles. The largest absolute Gasteiger partial charge is 0.465 e. The van der Waals surface area contributed by atoms with Gasteiger partial charge in [0.2, 0.25) is 0 Å². The van der Waals surface area contributed by atoms with Crippen molar-refractivity contribution in [3.8, 4) is 0 Å². The van der Waals surface area contributed by atoms with Crippen molar-refractivity contribution in [3.63, 3.8) is 0 Å². The maximum absolute atomic E-state index is 10.7. The molecule has 2 N–H and O–H groups in total. The van der Waals surface area contributed by atoms with Gasteiger partial charge < -0.3 is 15.3 Å². The molecule has 18 heavy (non-hydrogen) atoms. The smallest absolute Gasteiger partial charge is 0.407 e. The van der Waals surface area contributed by atoms with Crippen molar-refractivity contribution in [2.75, 3.05) is 13.1 Å². The Morgan fingerprint density at radius 2 is 2.22 bits per heavy atom. The molecular weight excluding hydrogens is 252 g/mol. The summed E-state index contributed by atoms with van der Waals surface area (Å²) < 4.78 is 0. The second-order valence-electron chi connectivity index (χ2n) is 4.99. The number of halogens is 1. The normalized spacial score (nSPS) is 22.7. The molecule has 96 valence electrons. The molecule has 1 heterocycles. The summed E-state index contributed by atoms with van der Waals surface area (Å²) in [5.74, 6) is 0. The van der Waals surface area contributed by atoms with Crippen molar-refractivity contribution in [1.82, 2.24) is 10.2 Å². The molecule has 1 aliphatic heterocycles. The van der Waals surface area contributed by atoms with Gasteiger partial charge in [-0.25, -0.2) is 4.79 Å². The summed E-state index contributed by atoms with van der Waals surface area (Å²) in [7, 11) is 0. The fourth-order valence-electron chi connectivity index (χ4n) is 2.78. The molecule has 1 amide bonds. The number of carboxylic acid groups (broad SMARTS) is 1. The zero-order valence-corrected chi connectivity index (χ0v) is 10.7. The van der Waals surface area contributed by atoms with E-state index >= 15 is 0 Å². The third-order valence-corrected chi connectivity index (χ3v) is 4.01. The van der Waals surface area contributed by atoms with Crippen molar-refractivity contribution >= 4 is 17.7 Å². The van der Waals surface area contributed by atoms with E-state index in [-0.39, 0.29) is 6.04 Å². The lowest BCUT2D eigenvalue weighted by molar-refractivity contribution is 0.0919. The second-order valence-corrected chi connectivity index (χ2v) is 5.42. The molecule has 1 aliphatic carbocycles. The third-order valence-electron chi connectivity index (χ3n) is 3.77. The van der Waals surface area contributed by atoms with E-state index in [0.29, 0.717) is 19.1 Å². The first-order valence-corrected chi connectivity index (χ1v) is 6.53. The number of rotatable bonds is 2. The highest BCUT2D eigenvalue weighted by Crippen LogP contribution is 2.33. The van der Waals surface area contributed by atoms with Crippen LogP contribution in [-0.2, 0) is 6.42 Å². The maximum Gasteiger partial charge on any atom is 0.407 e. The monoisotopic (exact) mass is 266 g/mol. The Labute approximate surface area is 111 Å². The second kappa shape index (κ2) is 4.44. The Morgan fingerprint density at radius 3 is 2.94 bits per heavy atom. The Bertz CT molecular complexity index is 486. The van der Waals surface area contributed by atoms with Crippen molar-refractivity contribution < 1.29 is 9.90 Å². The number of likely N-dealkylation sites (tertiary alicyclic amines) is 1. The number of hydrogen-bond donors (Lipinski definition) is 2. The van der Waals surface area contributed by atoms with Gasteiger partial charge in [-0.15, -0.1) is 0 Å². The van der Waals surface area contributed by atoms with Crippen LogP contribution in [0.1, 0.15) is 23.6 Å². The molecule has 1 aromatic carbocycles. The minimum absolute atomic E-state index is 0.285. The van der Waals surface area contributed by atoms with Gasteiger partial charge >= 0.3 is 6.09 Å². The van der Waals surface area contributed by atoms with E-state index < -0.39 is 6.09 Å². The molecule has 0 spiro atoms. The average Bonchev–Trinajstić information content (AvgIpc) is 2.64. The van der Waals surface area contributed by atoms with Gasteiger partial charge in [0, 0.05) is 30.2 Å². The van der Waals surface area contributed by atoms with Gasteiger partial charge in [-0.3, -0.25) is 0 Å². The van der Waals surface area contributed by atoms with Crippen LogP contribution in [0.3, 0.4) is 0 Å². The number of fused-ring (bicyclic) bond motifs is 1. The zero-order chi connectivity index (χ0) is 12.7. The molecular formula is C13H15ClN2O2. The summed E-state index contributed by atoms with van der Waals surface area (Å²) in [4.78, 5) is 12.1. The highest BCUT2D eigenvalue weighted by Gasteiger charge is 2.33. The van der Waals surface area contributed by atoms with E-state index in [4.69, 9.17) is 16.7 Å². The van der Waals surface area contributed by atoms with Crippen LogP contribution in [0.4, 0.5) is 4.79 Å². The lowest BCUT2D eigenvalue weighted by Crippen LogP contribution is -2.59. The zero-order valence-electron chi connectivity index (χ0n) is 9.90. The third kappa shape index (κ3) is 2.06. The highest BCUT2D eigenvalue weighted by atomic mass is 35.5. The summed E-state index contributed by atoms with van der Waals surface area (Å²) in [6.45, 7) is 1.18.